The molecule has 2 aliphatic heterocycles. The molecule has 21 heavy (non-hydrogen) atoms. The molecule has 4 heteroatoms. The van der Waals surface area contributed by atoms with Gasteiger partial charge in [0.05, 0.1) is 0 Å². The van der Waals surface area contributed by atoms with Crippen molar-refractivity contribution in [3.63, 3.8) is 0 Å². The van der Waals surface area contributed by atoms with Crippen molar-refractivity contribution in [1.29, 1.82) is 0 Å². The van der Waals surface area contributed by atoms with Gasteiger partial charge >= 0.3 is 0 Å². The second-order valence-corrected chi connectivity index (χ2v) is 6.47. The van der Waals surface area contributed by atoms with Crippen LogP contribution in [-0.4, -0.2) is 38.0 Å². The molecule has 0 aliphatic carbocycles. The second-order valence-electron chi connectivity index (χ2n) is 6.47. The van der Waals surface area contributed by atoms with Gasteiger partial charge in [-0.15, -0.1) is 0 Å². The standard InChI is InChI=1S/C17H25NO3/c1-17(2)12-13-4-3-5-15(16(13)21-17)20-11-8-18-14-6-9-19-10-7-14/h3-5,14,18H,6-12H2,1-2H3. The number of hydrogen-bond donors (Lipinski definition) is 1. The summed E-state index contributed by atoms with van der Waals surface area (Å²) in [5, 5.41) is 3.53. The lowest BCUT2D eigenvalue weighted by Gasteiger charge is -2.23. The van der Waals surface area contributed by atoms with Crippen molar-refractivity contribution in [2.45, 2.75) is 44.8 Å². The molecule has 1 aromatic rings. The Bertz CT molecular complexity index is 481. The molecule has 0 unspecified atom stereocenters. The van der Waals surface area contributed by atoms with E-state index in [1.807, 2.05) is 12.1 Å². The summed E-state index contributed by atoms with van der Waals surface area (Å²) in [7, 11) is 0. The SMILES string of the molecule is CC1(C)Cc2cccc(OCCNC3CCOCC3)c2O1. The summed E-state index contributed by atoms with van der Waals surface area (Å²) in [6.07, 6.45) is 3.13. The Labute approximate surface area is 126 Å². The Kier molecular flexibility index (Phi) is 4.36. The van der Waals surface area contributed by atoms with Crippen LogP contribution in [0.5, 0.6) is 11.5 Å². The number of rotatable bonds is 5. The van der Waals surface area contributed by atoms with E-state index >= 15 is 0 Å². The van der Waals surface area contributed by atoms with Crippen LogP contribution >= 0.6 is 0 Å². The van der Waals surface area contributed by atoms with E-state index in [-0.39, 0.29) is 5.60 Å². The van der Waals surface area contributed by atoms with E-state index < -0.39 is 0 Å². The number of nitrogens with one attached hydrogen (secondary N) is 1. The van der Waals surface area contributed by atoms with Gasteiger partial charge in [-0.2, -0.15) is 0 Å². The third kappa shape index (κ3) is 3.69. The van der Waals surface area contributed by atoms with Gasteiger partial charge in [-0.05, 0) is 32.8 Å². The summed E-state index contributed by atoms with van der Waals surface area (Å²) in [6, 6.07) is 6.73. The topological polar surface area (TPSA) is 39.7 Å². The molecule has 1 N–H and O–H groups in total. The minimum absolute atomic E-state index is 0.123. The molecule has 4 nitrogen and oxygen atoms in total. The Hall–Kier alpha value is -1.26. The lowest BCUT2D eigenvalue weighted by molar-refractivity contribution is 0.0769. The zero-order valence-electron chi connectivity index (χ0n) is 13.0. The fraction of sp³-hybridized carbons (Fsp3) is 0.647. The number of benzene rings is 1. The van der Waals surface area contributed by atoms with Crippen molar-refractivity contribution in [3.05, 3.63) is 23.8 Å². The molecule has 1 fully saturated rings. The van der Waals surface area contributed by atoms with Gasteiger partial charge in [0.1, 0.15) is 12.2 Å². The zero-order valence-corrected chi connectivity index (χ0v) is 13.0. The van der Waals surface area contributed by atoms with Gasteiger partial charge in [0.15, 0.2) is 11.5 Å². The molecule has 0 bridgehead atoms. The molecule has 116 valence electrons. The van der Waals surface area contributed by atoms with Crippen molar-refractivity contribution in [2.75, 3.05) is 26.4 Å². The summed E-state index contributed by atoms with van der Waals surface area (Å²) in [4.78, 5) is 0. The van der Waals surface area contributed by atoms with E-state index in [1.54, 1.807) is 0 Å². The highest BCUT2D eigenvalue weighted by Gasteiger charge is 2.32. The van der Waals surface area contributed by atoms with E-state index in [9.17, 15) is 0 Å². The van der Waals surface area contributed by atoms with Crippen LogP contribution in [0.25, 0.3) is 0 Å². The average molecular weight is 291 g/mol. The van der Waals surface area contributed by atoms with Crippen molar-refractivity contribution >= 4 is 0 Å². The Morgan fingerprint density at radius 1 is 1.29 bits per heavy atom. The van der Waals surface area contributed by atoms with Crippen LogP contribution in [0.3, 0.4) is 0 Å². The molecular formula is C17H25NO3. The fourth-order valence-corrected chi connectivity index (χ4v) is 3.03. The quantitative estimate of drug-likeness (QED) is 0.846. The minimum Gasteiger partial charge on any atom is -0.488 e. The number of fused-ring (bicyclic) bond motifs is 1. The van der Waals surface area contributed by atoms with Gasteiger partial charge in [-0.25, -0.2) is 0 Å². The fourth-order valence-electron chi connectivity index (χ4n) is 3.03. The van der Waals surface area contributed by atoms with Crippen LogP contribution in [0.1, 0.15) is 32.3 Å². The van der Waals surface area contributed by atoms with Crippen LogP contribution < -0.4 is 14.8 Å². The summed E-state index contributed by atoms with van der Waals surface area (Å²) in [6.45, 7) is 7.49. The number of para-hydroxylation sites is 1. The largest absolute Gasteiger partial charge is 0.488 e. The van der Waals surface area contributed by atoms with Gasteiger partial charge in [0.2, 0.25) is 0 Å². The molecule has 0 aromatic heterocycles. The van der Waals surface area contributed by atoms with Crippen molar-refractivity contribution in [1.82, 2.24) is 5.32 Å². The third-order valence-corrected chi connectivity index (χ3v) is 4.07. The predicted molar refractivity (Wildman–Crippen MR) is 82.2 cm³/mol. The smallest absolute Gasteiger partial charge is 0.165 e. The van der Waals surface area contributed by atoms with Gasteiger partial charge in [-0.3, -0.25) is 0 Å². The third-order valence-electron chi connectivity index (χ3n) is 4.07. The molecule has 0 atom stereocenters. The van der Waals surface area contributed by atoms with Crippen LogP contribution in [-0.2, 0) is 11.2 Å². The van der Waals surface area contributed by atoms with Gasteiger partial charge < -0.3 is 19.5 Å². The minimum atomic E-state index is -0.123. The summed E-state index contributed by atoms with van der Waals surface area (Å²) in [5.41, 5.74) is 1.12. The van der Waals surface area contributed by atoms with Crippen molar-refractivity contribution in [2.24, 2.45) is 0 Å². The maximum absolute atomic E-state index is 6.01. The predicted octanol–water partition coefficient (Wildman–Crippen LogP) is 2.55. The van der Waals surface area contributed by atoms with Crippen LogP contribution in [0.4, 0.5) is 0 Å². The summed E-state index contributed by atoms with van der Waals surface area (Å²) >= 11 is 0. The van der Waals surface area contributed by atoms with Gasteiger partial charge in [0.25, 0.3) is 0 Å². The Morgan fingerprint density at radius 2 is 2.10 bits per heavy atom. The normalized spacial score (nSPS) is 20.9. The van der Waals surface area contributed by atoms with E-state index in [0.717, 1.165) is 50.5 Å². The lowest BCUT2D eigenvalue weighted by atomic mass is 10.0. The molecule has 0 spiro atoms. The molecule has 3 rings (SSSR count). The number of ether oxygens (including phenoxy) is 3. The maximum Gasteiger partial charge on any atom is 0.165 e. The first-order valence-corrected chi connectivity index (χ1v) is 7.89. The lowest BCUT2D eigenvalue weighted by Crippen LogP contribution is -2.37. The van der Waals surface area contributed by atoms with E-state index in [2.05, 4.69) is 25.2 Å². The van der Waals surface area contributed by atoms with Gasteiger partial charge in [-0.1, -0.05) is 12.1 Å². The first kappa shape index (κ1) is 14.7. The van der Waals surface area contributed by atoms with Crippen LogP contribution in [0.15, 0.2) is 18.2 Å². The summed E-state index contributed by atoms with van der Waals surface area (Å²) < 4.78 is 17.3. The Balaban J connectivity index is 1.49. The average Bonchev–Trinajstić information content (AvgIpc) is 2.79. The first-order chi connectivity index (χ1) is 10.1. The molecule has 0 amide bonds. The van der Waals surface area contributed by atoms with Crippen LogP contribution in [0, 0.1) is 0 Å². The highest BCUT2D eigenvalue weighted by Crippen LogP contribution is 2.41. The van der Waals surface area contributed by atoms with Crippen molar-refractivity contribution < 1.29 is 14.2 Å². The van der Waals surface area contributed by atoms with Crippen LogP contribution in [0.2, 0.25) is 0 Å². The molecule has 0 radical (unpaired) electrons. The molecule has 2 heterocycles. The molecular weight excluding hydrogens is 266 g/mol. The molecule has 1 aromatic carbocycles. The molecule has 1 saturated heterocycles. The van der Waals surface area contributed by atoms with Crippen molar-refractivity contribution in [3.8, 4) is 11.5 Å². The number of hydrogen-bond acceptors (Lipinski definition) is 4. The van der Waals surface area contributed by atoms with E-state index in [1.165, 1.54) is 5.56 Å². The van der Waals surface area contributed by atoms with Gasteiger partial charge in [0, 0.05) is 37.8 Å². The highest BCUT2D eigenvalue weighted by molar-refractivity contribution is 5.50. The summed E-state index contributed by atoms with van der Waals surface area (Å²) in [5.74, 6) is 1.79. The zero-order chi connectivity index (χ0) is 14.7. The van der Waals surface area contributed by atoms with E-state index in [4.69, 9.17) is 14.2 Å². The van der Waals surface area contributed by atoms with E-state index in [0.29, 0.717) is 12.6 Å². The second kappa shape index (κ2) is 6.24. The highest BCUT2D eigenvalue weighted by atomic mass is 16.5. The maximum atomic E-state index is 6.01. The Morgan fingerprint density at radius 3 is 2.90 bits per heavy atom. The monoisotopic (exact) mass is 291 g/mol. The molecule has 2 aliphatic rings. The molecule has 0 saturated carbocycles. The first-order valence-electron chi connectivity index (χ1n) is 7.89.